The van der Waals surface area contributed by atoms with Gasteiger partial charge in [0.05, 0.1) is 25.1 Å². The molecular weight excluding hydrogens is 438 g/mol. The molecule has 4 heterocycles. The normalized spacial score (nSPS) is 14.1. The number of carbonyl (C=O) groups is 1. The van der Waals surface area contributed by atoms with Gasteiger partial charge in [-0.2, -0.15) is 0 Å². The van der Waals surface area contributed by atoms with E-state index in [1.54, 1.807) is 18.5 Å². The van der Waals surface area contributed by atoms with Crippen LogP contribution in [0.2, 0.25) is 0 Å². The van der Waals surface area contributed by atoms with Gasteiger partial charge in [-0.25, -0.2) is 4.98 Å². The molecule has 1 aliphatic heterocycles. The Hall–Kier alpha value is -3.32. The van der Waals surface area contributed by atoms with Gasteiger partial charge in [0.2, 0.25) is 0 Å². The van der Waals surface area contributed by atoms with Gasteiger partial charge in [-0.15, -0.1) is 0 Å². The van der Waals surface area contributed by atoms with Crippen LogP contribution in [0.1, 0.15) is 61.6 Å². The Balaban J connectivity index is 1.64. The number of morpholine rings is 1. The molecule has 1 fully saturated rings. The molecular formula is C28H35N5O2. The minimum atomic E-state index is -0.176. The van der Waals surface area contributed by atoms with Gasteiger partial charge < -0.3 is 15.0 Å². The molecule has 0 atom stereocenters. The molecule has 7 heteroatoms. The van der Waals surface area contributed by atoms with E-state index in [-0.39, 0.29) is 11.3 Å². The monoisotopic (exact) mass is 473 g/mol. The van der Waals surface area contributed by atoms with E-state index in [1.807, 2.05) is 19.1 Å². The van der Waals surface area contributed by atoms with Gasteiger partial charge in [-0.3, -0.25) is 14.8 Å². The number of amides is 1. The molecule has 0 unspecified atom stereocenters. The van der Waals surface area contributed by atoms with E-state index >= 15 is 0 Å². The van der Waals surface area contributed by atoms with E-state index in [9.17, 15) is 4.79 Å². The zero-order valence-corrected chi connectivity index (χ0v) is 21.4. The first kappa shape index (κ1) is 24.8. The van der Waals surface area contributed by atoms with Crippen LogP contribution in [0.4, 0.5) is 11.5 Å². The third-order valence-electron chi connectivity index (χ3n) is 6.15. The third kappa shape index (κ3) is 6.03. The second-order valence-corrected chi connectivity index (χ2v) is 10.0. The zero-order valence-electron chi connectivity index (χ0n) is 21.4. The summed E-state index contributed by atoms with van der Waals surface area (Å²) in [6, 6.07) is 9.86. The summed E-state index contributed by atoms with van der Waals surface area (Å²) in [7, 11) is 0. The molecule has 3 aromatic heterocycles. The molecule has 1 N–H and O–H groups in total. The number of anilines is 2. The Labute approximate surface area is 208 Å². The van der Waals surface area contributed by atoms with Crippen molar-refractivity contribution in [2.24, 2.45) is 0 Å². The van der Waals surface area contributed by atoms with Gasteiger partial charge in [0.25, 0.3) is 5.91 Å². The van der Waals surface area contributed by atoms with Gasteiger partial charge in [0, 0.05) is 52.9 Å². The average molecular weight is 474 g/mol. The van der Waals surface area contributed by atoms with Crippen LogP contribution in [0.25, 0.3) is 11.1 Å². The molecule has 0 aliphatic carbocycles. The number of aromatic nitrogens is 3. The number of carbonyl (C=O) groups excluding carboxylic acids is 1. The summed E-state index contributed by atoms with van der Waals surface area (Å²) in [4.78, 5) is 29.2. The molecule has 0 saturated carbocycles. The van der Waals surface area contributed by atoms with Crippen molar-refractivity contribution >= 4 is 17.4 Å². The van der Waals surface area contributed by atoms with Crippen molar-refractivity contribution in [3.8, 4) is 11.1 Å². The third-order valence-corrected chi connectivity index (χ3v) is 6.15. The van der Waals surface area contributed by atoms with Gasteiger partial charge in [-0.05, 0) is 49.2 Å². The molecule has 0 aromatic carbocycles. The number of pyridine rings is 3. The summed E-state index contributed by atoms with van der Waals surface area (Å²) >= 11 is 0. The molecule has 1 aliphatic rings. The fourth-order valence-corrected chi connectivity index (χ4v) is 4.14. The Morgan fingerprint density at radius 3 is 2.60 bits per heavy atom. The molecule has 1 saturated heterocycles. The highest BCUT2D eigenvalue weighted by molar-refractivity contribution is 6.04. The Kier molecular flexibility index (Phi) is 7.45. The van der Waals surface area contributed by atoms with Crippen LogP contribution in [-0.2, 0) is 16.6 Å². The molecule has 3 aromatic rings. The molecule has 1 amide bonds. The molecule has 184 valence electrons. The van der Waals surface area contributed by atoms with Gasteiger partial charge in [0.1, 0.15) is 5.82 Å². The maximum Gasteiger partial charge on any atom is 0.255 e. The second kappa shape index (κ2) is 10.5. The Morgan fingerprint density at radius 1 is 1.11 bits per heavy atom. The fraction of sp³-hybridized carbons (Fsp3) is 0.429. The first-order valence-corrected chi connectivity index (χ1v) is 12.3. The van der Waals surface area contributed by atoms with E-state index in [0.717, 1.165) is 60.0 Å². The van der Waals surface area contributed by atoms with Gasteiger partial charge >= 0.3 is 0 Å². The molecule has 35 heavy (non-hydrogen) atoms. The van der Waals surface area contributed by atoms with Gasteiger partial charge in [0.15, 0.2) is 0 Å². The summed E-state index contributed by atoms with van der Waals surface area (Å²) in [5.74, 6) is 0.791. The number of aryl methyl sites for hydroxylation is 2. The van der Waals surface area contributed by atoms with Crippen molar-refractivity contribution in [2.75, 3.05) is 36.5 Å². The highest BCUT2D eigenvalue weighted by Gasteiger charge is 2.19. The van der Waals surface area contributed by atoms with Crippen LogP contribution in [0, 0.1) is 6.92 Å². The smallest absolute Gasteiger partial charge is 0.255 e. The summed E-state index contributed by atoms with van der Waals surface area (Å²) < 4.78 is 5.52. The lowest BCUT2D eigenvalue weighted by molar-refractivity contribution is 0.102. The van der Waals surface area contributed by atoms with Crippen molar-refractivity contribution in [3.05, 3.63) is 65.4 Å². The van der Waals surface area contributed by atoms with Crippen LogP contribution >= 0.6 is 0 Å². The minimum absolute atomic E-state index is 0.134. The Bertz CT molecular complexity index is 1200. The molecule has 0 spiro atoms. The maximum atomic E-state index is 13.0. The highest BCUT2D eigenvalue weighted by Crippen LogP contribution is 2.30. The lowest BCUT2D eigenvalue weighted by atomic mass is 9.91. The van der Waals surface area contributed by atoms with E-state index in [2.05, 4.69) is 60.0 Å². The van der Waals surface area contributed by atoms with E-state index in [0.29, 0.717) is 24.5 Å². The fourth-order valence-electron chi connectivity index (χ4n) is 4.14. The number of nitrogens with zero attached hydrogens (tertiary/aromatic N) is 4. The summed E-state index contributed by atoms with van der Waals surface area (Å²) in [6.45, 7) is 13.5. The minimum Gasteiger partial charge on any atom is -0.378 e. The second-order valence-electron chi connectivity index (χ2n) is 10.0. The lowest BCUT2D eigenvalue weighted by Gasteiger charge is -2.28. The van der Waals surface area contributed by atoms with E-state index < -0.39 is 0 Å². The molecule has 0 radical (unpaired) electrons. The van der Waals surface area contributed by atoms with Crippen molar-refractivity contribution in [3.63, 3.8) is 0 Å². The molecule has 4 rings (SSSR count). The summed E-state index contributed by atoms with van der Waals surface area (Å²) in [5, 5.41) is 3.02. The summed E-state index contributed by atoms with van der Waals surface area (Å²) in [6.07, 6.45) is 5.33. The number of nitrogens with one attached hydrogen (secondary N) is 1. The van der Waals surface area contributed by atoms with Crippen LogP contribution in [0.15, 0.2) is 42.7 Å². The zero-order chi connectivity index (χ0) is 25.0. The molecule has 0 bridgehead atoms. The SMILES string of the molecule is CCCc1cc(-c2cc(NC(=O)c3ccnc(C(C)(C)C)c3)cnc2C)cc(N2CCOCC2)n1. The standard InChI is InChI=1S/C28H35N5O2/c1-6-7-22-14-21(16-26(31-22)33-10-12-35-13-11-33)24-17-23(18-30-19(24)2)32-27(34)20-8-9-29-25(15-20)28(3,4)5/h8-9,14-18H,6-7,10-13H2,1-5H3,(H,32,34). The molecule has 7 nitrogen and oxygen atoms in total. The van der Waals surface area contributed by atoms with Gasteiger partial charge in [-0.1, -0.05) is 34.1 Å². The topological polar surface area (TPSA) is 80.2 Å². The van der Waals surface area contributed by atoms with E-state index in [4.69, 9.17) is 9.72 Å². The maximum absolute atomic E-state index is 13.0. The summed E-state index contributed by atoms with van der Waals surface area (Å²) in [5.41, 5.74) is 6.00. The average Bonchev–Trinajstić information content (AvgIpc) is 2.85. The number of hydrogen-bond donors (Lipinski definition) is 1. The largest absolute Gasteiger partial charge is 0.378 e. The quantitative estimate of drug-likeness (QED) is 0.531. The highest BCUT2D eigenvalue weighted by atomic mass is 16.5. The Morgan fingerprint density at radius 2 is 1.89 bits per heavy atom. The van der Waals surface area contributed by atoms with Crippen LogP contribution < -0.4 is 10.2 Å². The predicted molar refractivity (Wildman–Crippen MR) is 140 cm³/mol. The van der Waals surface area contributed by atoms with Crippen molar-refractivity contribution in [1.82, 2.24) is 15.0 Å². The number of hydrogen-bond acceptors (Lipinski definition) is 6. The van der Waals surface area contributed by atoms with Crippen molar-refractivity contribution in [2.45, 2.75) is 52.9 Å². The van der Waals surface area contributed by atoms with E-state index in [1.165, 1.54) is 0 Å². The first-order chi connectivity index (χ1) is 16.7. The number of ether oxygens (including phenoxy) is 1. The van der Waals surface area contributed by atoms with Crippen LogP contribution in [0.5, 0.6) is 0 Å². The van der Waals surface area contributed by atoms with Crippen molar-refractivity contribution < 1.29 is 9.53 Å². The van der Waals surface area contributed by atoms with Crippen molar-refractivity contribution in [1.29, 1.82) is 0 Å². The first-order valence-electron chi connectivity index (χ1n) is 12.3. The number of rotatable bonds is 6. The lowest BCUT2D eigenvalue weighted by Crippen LogP contribution is -2.36. The van der Waals surface area contributed by atoms with Crippen LogP contribution in [-0.4, -0.2) is 47.2 Å². The predicted octanol–water partition coefficient (Wildman–Crippen LogP) is 5.19. The van der Waals surface area contributed by atoms with Crippen LogP contribution in [0.3, 0.4) is 0 Å².